The van der Waals surface area contributed by atoms with Crippen LogP contribution >= 0.6 is 34.8 Å². The van der Waals surface area contributed by atoms with E-state index in [0.29, 0.717) is 44.5 Å². The molecule has 0 saturated carbocycles. The zero-order valence-electron chi connectivity index (χ0n) is 17.9. The van der Waals surface area contributed by atoms with Crippen molar-refractivity contribution < 1.29 is 13.9 Å². The molecule has 1 N–H and O–H groups in total. The number of anilines is 1. The van der Waals surface area contributed by atoms with E-state index in [0.717, 1.165) is 11.3 Å². The average Bonchev–Trinajstić information content (AvgIpc) is 3.36. The molecule has 0 spiro atoms. The standard InChI is InChI=1S/C24H20Cl3N3O3/c1-14-23(15(2)30(29-14)12-16-7-9-18(25)20(27)11-16)28-24(31)22-10-8-17(33-22)13-32-21-6-4-3-5-19(21)26/h3-11H,12-13H2,1-2H3,(H,28,31). The minimum absolute atomic E-state index is 0.149. The SMILES string of the molecule is Cc1nn(Cc2ccc(Cl)c(Cl)c2)c(C)c1NC(=O)c1ccc(COc2ccccc2Cl)o1. The summed E-state index contributed by atoms with van der Waals surface area (Å²) in [6, 6.07) is 15.9. The van der Waals surface area contributed by atoms with Gasteiger partial charge >= 0.3 is 0 Å². The van der Waals surface area contributed by atoms with Gasteiger partial charge in [0.1, 0.15) is 18.1 Å². The number of ether oxygens (including phenoxy) is 1. The first kappa shape index (κ1) is 23.2. The van der Waals surface area contributed by atoms with E-state index in [-0.39, 0.29) is 18.3 Å². The Morgan fingerprint density at radius 2 is 1.82 bits per heavy atom. The molecule has 2 aromatic carbocycles. The van der Waals surface area contributed by atoms with E-state index in [9.17, 15) is 4.79 Å². The minimum atomic E-state index is -0.376. The van der Waals surface area contributed by atoms with Crippen LogP contribution in [0.4, 0.5) is 5.69 Å². The molecule has 0 saturated heterocycles. The molecule has 0 aliphatic heterocycles. The van der Waals surface area contributed by atoms with Gasteiger partial charge in [0.2, 0.25) is 0 Å². The summed E-state index contributed by atoms with van der Waals surface area (Å²) in [5.74, 6) is 0.842. The molecule has 9 heteroatoms. The number of furan rings is 1. The van der Waals surface area contributed by atoms with E-state index in [4.69, 9.17) is 44.0 Å². The molecule has 0 aliphatic rings. The number of benzene rings is 2. The van der Waals surface area contributed by atoms with Gasteiger partial charge in [0.25, 0.3) is 5.91 Å². The second kappa shape index (κ2) is 9.91. The van der Waals surface area contributed by atoms with E-state index in [1.54, 1.807) is 41.1 Å². The molecule has 0 fully saturated rings. The number of nitrogens with one attached hydrogen (secondary N) is 1. The van der Waals surface area contributed by atoms with E-state index in [1.807, 2.05) is 32.0 Å². The number of rotatable bonds is 7. The van der Waals surface area contributed by atoms with Crippen LogP contribution in [-0.4, -0.2) is 15.7 Å². The molecule has 33 heavy (non-hydrogen) atoms. The number of halogens is 3. The van der Waals surface area contributed by atoms with Crippen molar-refractivity contribution in [2.75, 3.05) is 5.32 Å². The van der Waals surface area contributed by atoms with Gasteiger partial charge in [-0.05, 0) is 55.8 Å². The first-order valence-electron chi connectivity index (χ1n) is 10.1. The molecule has 0 bridgehead atoms. The van der Waals surface area contributed by atoms with Gasteiger partial charge in [-0.2, -0.15) is 5.10 Å². The van der Waals surface area contributed by atoms with Crippen molar-refractivity contribution in [1.29, 1.82) is 0 Å². The van der Waals surface area contributed by atoms with Gasteiger partial charge in [0.15, 0.2) is 5.76 Å². The minimum Gasteiger partial charge on any atom is -0.484 e. The van der Waals surface area contributed by atoms with Crippen LogP contribution in [0.15, 0.2) is 59.0 Å². The quantitative estimate of drug-likeness (QED) is 0.296. The average molecular weight is 505 g/mol. The zero-order valence-corrected chi connectivity index (χ0v) is 20.1. The van der Waals surface area contributed by atoms with Crippen molar-refractivity contribution in [3.05, 3.63) is 98.1 Å². The van der Waals surface area contributed by atoms with Crippen molar-refractivity contribution in [3.8, 4) is 5.75 Å². The first-order chi connectivity index (χ1) is 15.8. The highest BCUT2D eigenvalue weighted by atomic mass is 35.5. The third-order valence-electron chi connectivity index (χ3n) is 5.03. The lowest BCUT2D eigenvalue weighted by atomic mass is 10.2. The van der Waals surface area contributed by atoms with Crippen molar-refractivity contribution in [2.24, 2.45) is 0 Å². The largest absolute Gasteiger partial charge is 0.484 e. The highest BCUT2D eigenvalue weighted by molar-refractivity contribution is 6.42. The molecule has 0 aliphatic carbocycles. The predicted molar refractivity (Wildman–Crippen MR) is 130 cm³/mol. The van der Waals surface area contributed by atoms with E-state index in [2.05, 4.69) is 10.4 Å². The molecule has 4 rings (SSSR count). The van der Waals surface area contributed by atoms with Gasteiger partial charge in [-0.3, -0.25) is 9.48 Å². The van der Waals surface area contributed by atoms with Gasteiger partial charge in [0.05, 0.1) is 38.7 Å². The van der Waals surface area contributed by atoms with Crippen molar-refractivity contribution in [1.82, 2.24) is 9.78 Å². The Morgan fingerprint density at radius 1 is 1.03 bits per heavy atom. The number of carbonyl (C=O) groups is 1. The predicted octanol–water partition coefficient (Wildman–Crippen LogP) is 6.93. The lowest BCUT2D eigenvalue weighted by Gasteiger charge is -2.08. The summed E-state index contributed by atoms with van der Waals surface area (Å²) in [7, 11) is 0. The first-order valence-corrected chi connectivity index (χ1v) is 11.2. The topological polar surface area (TPSA) is 69.3 Å². The van der Waals surface area contributed by atoms with Crippen LogP contribution in [0.2, 0.25) is 15.1 Å². The van der Waals surface area contributed by atoms with E-state index >= 15 is 0 Å². The molecule has 1 amide bonds. The van der Waals surface area contributed by atoms with Gasteiger partial charge in [0, 0.05) is 0 Å². The highest BCUT2D eigenvalue weighted by Gasteiger charge is 2.18. The summed E-state index contributed by atoms with van der Waals surface area (Å²) >= 11 is 18.2. The molecule has 4 aromatic rings. The van der Waals surface area contributed by atoms with Crippen LogP contribution in [-0.2, 0) is 13.2 Å². The Balaban J connectivity index is 1.43. The normalized spacial score (nSPS) is 10.9. The Kier molecular flexibility index (Phi) is 6.98. The maximum Gasteiger partial charge on any atom is 0.291 e. The van der Waals surface area contributed by atoms with Crippen LogP contribution in [0.3, 0.4) is 0 Å². The van der Waals surface area contributed by atoms with Gasteiger partial charge < -0.3 is 14.5 Å². The second-order valence-corrected chi connectivity index (χ2v) is 8.61. The third kappa shape index (κ3) is 5.36. The van der Waals surface area contributed by atoms with Crippen molar-refractivity contribution in [3.63, 3.8) is 0 Å². The number of nitrogens with zero attached hydrogens (tertiary/aromatic N) is 2. The molecule has 0 radical (unpaired) electrons. The third-order valence-corrected chi connectivity index (χ3v) is 6.08. The highest BCUT2D eigenvalue weighted by Crippen LogP contribution is 2.26. The smallest absolute Gasteiger partial charge is 0.291 e. The molecule has 170 valence electrons. The van der Waals surface area contributed by atoms with E-state index in [1.165, 1.54) is 0 Å². The summed E-state index contributed by atoms with van der Waals surface area (Å²) in [5, 5.41) is 8.92. The summed E-state index contributed by atoms with van der Waals surface area (Å²) in [6.45, 7) is 4.36. The molecule has 6 nitrogen and oxygen atoms in total. The Bertz CT molecular complexity index is 1310. The van der Waals surface area contributed by atoms with Gasteiger partial charge in [-0.1, -0.05) is 53.0 Å². The maximum atomic E-state index is 12.8. The number of amides is 1. The van der Waals surface area contributed by atoms with Gasteiger partial charge in [-0.15, -0.1) is 0 Å². The van der Waals surface area contributed by atoms with Crippen molar-refractivity contribution in [2.45, 2.75) is 27.0 Å². The fourth-order valence-electron chi connectivity index (χ4n) is 3.31. The van der Waals surface area contributed by atoms with Crippen LogP contribution in [0.1, 0.15) is 33.3 Å². The monoisotopic (exact) mass is 503 g/mol. The summed E-state index contributed by atoms with van der Waals surface area (Å²) in [5.41, 5.74) is 3.07. The number of carbonyl (C=O) groups excluding carboxylic acids is 1. The summed E-state index contributed by atoms with van der Waals surface area (Å²) in [6.07, 6.45) is 0. The van der Waals surface area contributed by atoms with Crippen molar-refractivity contribution >= 4 is 46.4 Å². The maximum absolute atomic E-state index is 12.8. The number of aromatic nitrogens is 2. The fraction of sp³-hybridized carbons (Fsp3) is 0.167. The van der Waals surface area contributed by atoms with Gasteiger partial charge in [-0.25, -0.2) is 0 Å². The lowest BCUT2D eigenvalue weighted by Crippen LogP contribution is -2.12. The number of hydrogen-bond donors (Lipinski definition) is 1. The number of hydrogen-bond acceptors (Lipinski definition) is 4. The molecule has 0 atom stereocenters. The Morgan fingerprint density at radius 3 is 2.58 bits per heavy atom. The van der Waals surface area contributed by atoms with Crippen LogP contribution < -0.4 is 10.1 Å². The lowest BCUT2D eigenvalue weighted by molar-refractivity contribution is 0.0992. The van der Waals surface area contributed by atoms with Crippen LogP contribution in [0.25, 0.3) is 0 Å². The Labute approximate surface area is 206 Å². The Hall–Kier alpha value is -2.93. The number of aryl methyl sites for hydroxylation is 1. The zero-order chi connectivity index (χ0) is 23.5. The van der Waals surface area contributed by atoms with Crippen LogP contribution in [0, 0.1) is 13.8 Å². The molecular weight excluding hydrogens is 485 g/mol. The number of para-hydroxylation sites is 1. The summed E-state index contributed by atoms with van der Waals surface area (Å²) in [4.78, 5) is 12.8. The fourth-order valence-corrected chi connectivity index (χ4v) is 3.82. The second-order valence-electron chi connectivity index (χ2n) is 7.39. The molecule has 0 unspecified atom stereocenters. The summed E-state index contributed by atoms with van der Waals surface area (Å²) < 4.78 is 13.1. The van der Waals surface area contributed by atoms with Crippen LogP contribution in [0.5, 0.6) is 5.75 Å². The molecule has 2 heterocycles. The van der Waals surface area contributed by atoms with E-state index < -0.39 is 0 Å². The molecular formula is C24H20Cl3N3O3. The molecule has 2 aromatic heterocycles.